The van der Waals surface area contributed by atoms with E-state index in [4.69, 9.17) is 9.84 Å². The van der Waals surface area contributed by atoms with Crippen molar-refractivity contribution in [2.75, 3.05) is 0 Å². The highest BCUT2D eigenvalue weighted by molar-refractivity contribution is 9.10. The number of benzene rings is 1. The molecular weight excluding hydrogens is 290 g/mol. The van der Waals surface area contributed by atoms with E-state index in [0.717, 1.165) is 4.47 Å². The number of hydrogen-bond acceptors (Lipinski definition) is 3. The summed E-state index contributed by atoms with van der Waals surface area (Å²) in [4.78, 5) is 22.2. The van der Waals surface area contributed by atoms with Gasteiger partial charge in [-0.3, -0.25) is 0 Å². The minimum Gasteiger partial charge on any atom is -0.480 e. The van der Waals surface area contributed by atoms with Crippen LogP contribution < -0.4 is 10.1 Å². The Kier molecular flexibility index (Phi) is 4.11. The van der Waals surface area contributed by atoms with Crippen molar-refractivity contribution in [3.8, 4) is 5.75 Å². The third-order valence-electron chi connectivity index (χ3n) is 1.96. The van der Waals surface area contributed by atoms with Crippen LogP contribution in [-0.2, 0) is 4.79 Å². The van der Waals surface area contributed by atoms with Crippen molar-refractivity contribution < 1.29 is 19.4 Å². The van der Waals surface area contributed by atoms with E-state index < -0.39 is 17.6 Å². The molecule has 0 unspecified atom stereocenters. The average Bonchev–Trinajstić information content (AvgIpc) is 2.15. The second-order valence-corrected chi connectivity index (χ2v) is 4.82. The van der Waals surface area contributed by atoms with Crippen LogP contribution in [0, 0.1) is 0 Å². The van der Waals surface area contributed by atoms with Crippen molar-refractivity contribution in [1.29, 1.82) is 0 Å². The van der Waals surface area contributed by atoms with Gasteiger partial charge < -0.3 is 15.2 Å². The topological polar surface area (TPSA) is 75.6 Å². The van der Waals surface area contributed by atoms with E-state index in [-0.39, 0.29) is 0 Å². The number of carbonyl (C=O) groups is 2. The molecular formula is C11H12BrNO4. The van der Waals surface area contributed by atoms with Crippen molar-refractivity contribution in [2.45, 2.75) is 19.4 Å². The third-order valence-corrected chi connectivity index (χ3v) is 2.45. The van der Waals surface area contributed by atoms with E-state index >= 15 is 0 Å². The lowest BCUT2D eigenvalue weighted by Crippen LogP contribution is -2.50. The average molecular weight is 302 g/mol. The maximum Gasteiger partial charge on any atom is 0.413 e. The molecule has 17 heavy (non-hydrogen) atoms. The Morgan fingerprint density at radius 3 is 2.59 bits per heavy atom. The first-order chi connectivity index (χ1) is 7.81. The van der Waals surface area contributed by atoms with E-state index in [9.17, 15) is 9.59 Å². The zero-order valence-corrected chi connectivity index (χ0v) is 10.9. The van der Waals surface area contributed by atoms with Gasteiger partial charge in [0.25, 0.3) is 0 Å². The lowest BCUT2D eigenvalue weighted by atomic mass is 10.1. The number of rotatable bonds is 3. The molecule has 2 N–H and O–H groups in total. The molecule has 0 bridgehead atoms. The van der Waals surface area contributed by atoms with Crippen LogP contribution in [0.5, 0.6) is 5.75 Å². The van der Waals surface area contributed by atoms with Gasteiger partial charge in [0.1, 0.15) is 11.3 Å². The SMILES string of the molecule is CC(C)(NC(=O)Oc1cccc(Br)c1)C(=O)O. The molecule has 1 aromatic carbocycles. The minimum absolute atomic E-state index is 0.332. The molecule has 0 aliphatic carbocycles. The van der Waals surface area contributed by atoms with Crippen molar-refractivity contribution in [1.82, 2.24) is 5.32 Å². The Labute approximate surface area is 107 Å². The summed E-state index contributed by atoms with van der Waals surface area (Å²) >= 11 is 3.23. The number of ether oxygens (including phenoxy) is 1. The molecule has 0 radical (unpaired) electrons. The predicted octanol–water partition coefficient (Wildman–Crippen LogP) is 2.40. The van der Waals surface area contributed by atoms with Crippen LogP contribution in [-0.4, -0.2) is 22.7 Å². The van der Waals surface area contributed by atoms with Gasteiger partial charge in [-0.15, -0.1) is 0 Å². The van der Waals surface area contributed by atoms with Crippen molar-refractivity contribution in [3.05, 3.63) is 28.7 Å². The molecule has 0 fully saturated rings. The van der Waals surface area contributed by atoms with Crippen LogP contribution in [0.15, 0.2) is 28.7 Å². The standard InChI is InChI=1S/C11H12BrNO4/c1-11(2,9(14)15)13-10(16)17-8-5-3-4-7(12)6-8/h3-6H,1-2H3,(H,13,16)(H,14,15). The zero-order chi connectivity index (χ0) is 13.1. The van der Waals surface area contributed by atoms with E-state index in [1.54, 1.807) is 24.3 Å². The van der Waals surface area contributed by atoms with Crippen molar-refractivity contribution >= 4 is 28.0 Å². The minimum atomic E-state index is -1.37. The lowest BCUT2D eigenvalue weighted by molar-refractivity contribution is -0.143. The Morgan fingerprint density at radius 1 is 1.41 bits per heavy atom. The quantitative estimate of drug-likeness (QED) is 0.899. The van der Waals surface area contributed by atoms with Gasteiger partial charge in [-0.2, -0.15) is 0 Å². The molecule has 92 valence electrons. The van der Waals surface area contributed by atoms with Gasteiger partial charge in [0.05, 0.1) is 0 Å². The number of amides is 1. The Balaban J connectivity index is 2.65. The highest BCUT2D eigenvalue weighted by Crippen LogP contribution is 2.18. The van der Waals surface area contributed by atoms with Gasteiger partial charge in [-0.1, -0.05) is 22.0 Å². The summed E-state index contributed by atoms with van der Waals surface area (Å²) < 4.78 is 5.70. The first kappa shape index (κ1) is 13.5. The van der Waals surface area contributed by atoms with Gasteiger partial charge >= 0.3 is 12.1 Å². The maximum atomic E-state index is 11.4. The number of carbonyl (C=O) groups excluding carboxylic acids is 1. The summed E-state index contributed by atoms with van der Waals surface area (Å²) in [6.45, 7) is 2.75. The molecule has 0 aliphatic heterocycles. The van der Waals surface area contributed by atoms with Gasteiger partial charge in [-0.25, -0.2) is 9.59 Å². The molecule has 0 saturated heterocycles. The fourth-order valence-corrected chi connectivity index (χ4v) is 1.35. The summed E-state index contributed by atoms with van der Waals surface area (Å²) in [5, 5.41) is 11.1. The monoisotopic (exact) mass is 301 g/mol. The van der Waals surface area contributed by atoms with E-state index in [0.29, 0.717) is 5.75 Å². The highest BCUT2D eigenvalue weighted by Gasteiger charge is 2.29. The summed E-state index contributed by atoms with van der Waals surface area (Å²) in [7, 11) is 0. The molecule has 1 rings (SSSR count). The number of carboxylic acid groups (broad SMARTS) is 1. The second-order valence-electron chi connectivity index (χ2n) is 3.90. The van der Waals surface area contributed by atoms with Crippen molar-refractivity contribution in [3.63, 3.8) is 0 Å². The molecule has 5 nitrogen and oxygen atoms in total. The van der Waals surface area contributed by atoms with Crippen LogP contribution in [0.4, 0.5) is 4.79 Å². The van der Waals surface area contributed by atoms with Gasteiger partial charge in [0.2, 0.25) is 0 Å². The van der Waals surface area contributed by atoms with Gasteiger partial charge in [0, 0.05) is 4.47 Å². The zero-order valence-electron chi connectivity index (χ0n) is 9.36. The van der Waals surface area contributed by atoms with Gasteiger partial charge in [-0.05, 0) is 32.0 Å². The lowest BCUT2D eigenvalue weighted by Gasteiger charge is -2.20. The summed E-state index contributed by atoms with van der Waals surface area (Å²) in [6, 6.07) is 6.69. The number of hydrogen-bond donors (Lipinski definition) is 2. The first-order valence-corrected chi connectivity index (χ1v) is 5.59. The first-order valence-electron chi connectivity index (χ1n) is 4.80. The molecule has 0 saturated carbocycles. The summed E-state index contributed by atoms with van der Waals surface area (Å²) in [5.74, 6) is -0.804. The Bertz CT molecular complexity index is 445. The predicted molar refractivity (Wildman–Crippen MR) is 65.0 cm³/mol. The molecule has 0 aromatic heterocycles. The van der Waals surface area contributed by atoms with E-state index in [1.165, 1.54) is 13.8 Å². The molecule has 0 atom stereocenters. The normalized spacial score (nSPS) is 10.8. The summed E-state index contributed by atoms with van der Waals surface area (Å²) in [6.07, 6.45) is -0.810. The molecule has 6 heteroatoms. The fourth-order valence-electron chi connectivity index (χ4n) is 0.972. The molecule has 0 heterocycles. The number of nitrogens with one attached hydrogen (secondary N) is 1. The molecule has 0 spiro atoms. The van der Waals surface area contributed by atoms with Crippen LogP contribution in [0.1, 0.15) is 13.8 Å². The maximum absolute atomic E-state index is 11.4. The molecule has 1 aromatic rings. The largest absolute Gasteiger partial charge is 0.480 e. The fraction of sp³-hybridized carbons (Fsp3) is 0.273. The van der Waals surface area contributed by atoms with Crippen molar-refractivity contribution in [2.24, 2.45) is 0 Å². The van der Waals surface area contributed by atoms with Crippen LogP contribution >= 0.6 is 15.9 Å². The number of aliphatic carboxylic acids is 1. The smallest absolute Gasteiger partial charge is 0.413 e. The number of carboxylic acids is 1. The van der Waals surface area contributed by atoms with E-state index in [2.05, 4.69) is 21.2 Å². The number of halogens is 1. The Hall–Kier alpha value is -1.56. The van der Waals surface area contributed by atoms with Crippen LogP contribution in [0.3, 0.4) is 0 Å². The molecule has 1 amide bonds. The third kappa shape index (κ3) is 4.07. The Morgan fingerprint density at radius 2 is 2.06 bits per heavy atom. The molecule has 0 aliphatic rings. The van der Waals surface area contributed by atoms with Crippen LogP contribution in [0.25, 0.3) is 0 Å². The summed E-state index contributed by atoms with van der Waals surface area (Å²) in [5.41, 5.74) is -1.37. The highest BCUT2D eigenvalue weighted by atomic mass is 79.9. The van der Waals surface area contributed by atoms with E-state index in [1.807, 2.05) is 0 Å². The van der Waals surface area contributed by atoms with Gasteiger partial charge in [0.15, 0.2) is 0 Å². The van der Waals surface area contributed by atoms with Crippen LogP contribution in [0.2, 0.25) is 0 Å². The second kappa shape index (κ2) is 5.18.